The highest BCUT2D eigenvalue weighted by Crippen LogP contribution is 2.17. The molecule has 2 amide bonds. The molecule has 1 aromatic heterocycles. The molecule has 0 bridgehead atoms. The molecular weight excluding hydrogens is 302 g/mol. The minimum atomic E-state index is -0.247. The number of urea groups is 1. The number of pyridine rings is 1. The largest absolute Gasteiger partial charge is 0.481 e. The van der Waals surface area contributed by atoms with Crippen molar-refractivity contribution >= 4 is 17.6 Å². The van der Waals surface area contributed by atoms with Gasteiger partial charge in [-0.2, -0.15) is 0 Å². The van der Waals surface area contributed by atoms with E-state index in [0.717, 1.165) is 11.1 Å². The molecule has 0 spiro atoms. The maximum absolute atomic E-state index is 11.9. The van der Waals surface area contributed by atoms with E-state index < -0.39 is 0 Å². The van der Waals surface area contributed by atoms with Crippen LogP contribution in [-0.4, -0.2) is 18.1 Å². The van der Waals surface area contributed by atoms with Crippen LogP contribution in [0.15, 0.2) is 42.6 Å². The van der Waals surface area contributed by atoms with Crippen LogP contribution >= 0.6 is 11.6 Å². The van der Waals surface area contributed by atoms with Crippen LogP contribution < -0.4 is 15.4 Å². The van der Waals surface area contributed by atoms with Crippen LogP contribution in [0.4, 0.5) is 4.79 Å². The summed E-state index contributed by atoms with van der Waals surface area (Å²) in [5.41, 5.74) is 1.87. The maximum atomic E-state index is 11.9. The van der Waals surface area contributed by atoms with E-state index in [1.165, 1.54) is 0 Å². The van der Waals surface area contributed by atoms with Crippen LogP contribution in [0.2, 0.25) is 5.02 Å². The second-order valence-electron chi connectivity index (χ2n) is 4.81. The Balaban J connectivity index is 1.87. The van der Waals surface area contributed by atoms with Crippen molar-refractivity contribution < 1.29 is 9.53 Å². The topological polar surface area (TPSA) is 63.2 Å². The minimum absolute atomic E-state index is 0.134. The highest BCUT2D eigenvalue weighted by molar-refractivity contribution is 6.30. The van der Waals surface area contributed by atoms with Gasteiger partial charge in [-0.25, -0.2) is 9.78 Å². The lowest BCUT2D eigenvalue weighted by Crippen LogP contribution is -2.36. The fraction of sp³-hybridized carbons (Fsp3) is 0.250. The summed E-state index contributed by atoms with van der Waals surface area (Å²) in [4.78, 5) is 16.0. The molecule has 5 nitrogen and oxygen atoms in total. The molecule has 0 aliphatic rings. The lowest BCUT2D eigenvalue weighted by Gasteiger charge is -2.15. The van der Waals surface area contributed by atoms with Gasteiger partial charge in [0, 0.05) is 23.8 Å². The van der Waals surface area contributed by atoms with Crippen LogP contribution in [0.1, 0.15) is 24.1 Å². The smallest absolute Gasteiger partial charge is 0.315 e. The highest BCUT2D eigenvalue weighted by Gasteiger charge is 2.09. The van der Waals surface area contributed by atoms with Gasteiger partial charge >= 0.3 is 6.03 Å². The van der Waals surface area contributed by atoms with Crippen LogP contribution in [-0.2, 0) is 6.54 Å². The van der Waals surface area contributed by atoms with Crippen LogP contribution in [0.3, 0.4) is 0 Å². The monoisotopic (exact) mass is 319 g/mol. The first-order valence-electron chi connectivity index (χ1n) is 6.87. The summed E-state index contributed by atoms with van der Waals surface area (Å²) in [5, 5.41) is 6.31. The molecule has 1 aromatic carbocycles. The minimum Gasteiger partial charge on any atom is -0.481 e. The van der Waals surface area contributed by atoms with E-state index in [0.29, 0.717) is 17.4 Å². The highest BCUT2D eigenvalue weighted by atomic mass is 35.5. The number of aromatic nitrogens is 1. The molecule has 22 heavy (non-hydrogen) atoms. The van der Waals surface area contributed by atoms with Gasteiger partial charge in [0.05, 0.1) is 13.2 Å². The summed E-state index contributed by atoms with van der Waals surface area (Å²) in [7, 11) is 1.55. The first-order valence-corrected chi connectivity index (χ1v) is 7.25. The Morgan fingerprint density at radius 1 is 1.36 bits per heavy atom. The van der Waals surface area contributed by atoms with Crippen LogP contribution in [0.25, 0.3) is 0 Å². The number of hydrogen-bond donors (Lipinski definition) is 2. The predicted octanol–water partition coefficient (Wildman–Crippen LogP) is 3.30. The number of rotatable bonds is 5. The molecule has 0 unspecified atom stereocenters. The van der Waals surface area contributed by atoms with Gasteiger partial charge in [-0.05, 0) is 36.2 Å². The van der Waals surface area contributed by atoms with E-state index in [9.17, 15) is 4.79 Å². The quantitative estimate of drug-likeness (QED) is 0.888. The predicted molar refractivity (Wildman–Crippen MR) is 86.0 cm³/mol. The van der Waals surface area contributed by atoms with Crippen molar-refractivity contribution in [2.45, 2.75) is 19.5 Å². The fourth-order valence-electron chi connectivity index (χ4n) is 1.96. The molecule has 0 aliphatic carbocycles. The molecule has 2 rings (SSSR count). The first kappa shape index (κ1) is 16.1. The summed E-state index contributed by atoms with van der Waals surface area (Å²) in [5.74, 6) is 0.520. The van der Waals surface area contributed by atoms with Gasteiger partial charge in [-0.15, -0.1) is 0 Å². The molecule has 6 heteroatoms. The molecule has 0 saturated heterocycles. The number of methoxy groups -OCH3 is 1. The number of hydrogen-bond acceptors (Lipinski definition) is 3. The van der Waals surface area contributed by atoms with Crippen molar-refractivity contribution in [1.29, 1.82) is 0 Å². The molecule has 1 atom stereocenters. The van der Waals surface area contributed by atoms with Crippen molar-refractivity contribution in [3.63, 3.8) is 0 Å². The number of carbonyl (C=O) groups excluding carboxylic acids is 1. The Kier molecular flexibility index (Phi) is 5.61. The molecule has 116 valence electrons. The van der Waals surface area contributed by atoms with E-state index in [4.69, 9.17) is 16.3 Å². The third-order valence-electron chi connectivity index (χ3n) is 3.16. The molecule has 0 fully saturated rings. The van der Waals surface area contributed by atoms with Crippen LogP contribution in [0, 0.1) is 0 Å². The van der Waals surface area contributed by atoms with E-state index >= 15 is 0 Å². The number of ether oxygens (including phenoxy) is 1. The maximum Gasteiger partial charge on any atom is 0.315 e. The average Bonchev–Trinajstić information content (AvgIpc) is 2.53. The molecule has 2 aromatic rings. The molecular formula is C16H18ClN3O2. The second-order valence-corrected chi connectivity index (χ2v) is 5.25. The van der Waals surface area contributed by atoms with Gasteiger partial charge in [0.2, 0.25) is 5.88 Å². The van der Waals surface area contributed by atoms with Crippen molar-refractivity contribution in [2.24, 2.45) is 0 Å². The summed E-state index contributed by atoms with van der Waals surface area (Å²) >= 11 is 5.95. The van der Waals surface area contributed by atoms with E-state index in [-0.39, 0.29) is 12.1 Å². The van der Waals surface area contributed by atoms with Crippen molar-refractivity contribution in [3.8, 4) is 5.88 Å². The molecule has 0 saturated carbocycles. The SMILES string of the molecule is COc1cc(CNC(=O)N[C@H](C)c2cccc(Cl)c2)ccn1. The van der Waals surface area contributed by atoms with Crippen molar-refractivity contribution in [1.82, 2.24) is 15.6 Å². The zero-order valence-electron chi connectivity index (χ0n) is 12.5. The second kappa shape index (κ2) is 7.66. The van der Waals surface area contributed by atoms with Gasteiger partial charge in [0.1, 0.15) is 0 Å². The summed E-state index contributed by atoms with van der Waals surface area (Å²) in [6.07, 6.45) is 1.64. The summed E-state index contributed by atoms with van der Waals surface area (Å²) < 4.78 is 5.04. The fourth-order valence-corrected chi connectivity index (χ4v) is 2.16. The van der Waals surface area contributed by atoms with Gasteiger partial charge in [0.15, 0.2) is 0 Å². The van der Waals surface area contributed by atoms with Crippen molar-refractivity contribution in [3.05, 3.63) is 58.7 Å². The Labute approximate surface area is 134 Å². The number of nitrogens with zero attached hydrogens (tertiary/aromatic N) is 1. The number of benzene rings is 1. The van der Waals surface area contributed by atoms with Gasteiger partial charge in [-0.3, -0.25) is 0 Å². The lowest BCUT2D eigenvalue weighted by atomic mass is 10.1. The van der Waals surface area contributed by atoms with E-state index in [2.05, 4.69) is 15.6 Å². The average molecular weight is 320 g/mol. The molecule has 2 N–H and O–H groups in total. The lowest BCUT2D eigenvalue weighted by molar-refractivity contribution is 0.237. The zero-order chi connectivity index (χ0) is 15.9. The van der Waals surface area contributed by atoms with Gasteiger partial charge in [0.25, 0.3) is 0 Å². The summed E-state index contributed by atoms with van der Waals surface area (Å²) in [6.45, 7) is 2.30. The van der Waals surface area contributed by atoms with E-state index in [1.807, 2.05) is 31.2 Å². The third kappa shape index (κ3) is 4.63. The van der Waals surface area contributed by atoms with Crippen LogP contribution in [0.5, 0.6) is 5.88 Å². The Morgan fingerprint density at radius 3 is 2.91 bits per heavy atom. The number of carbonyl (C=O) groups is 1. The standard InChI is InChI=1S/C16H18ClN3O2/c1-11(13-4-3-5-14(17)9-13)20-16(21)19-10-12-6-7-18-15(8-12)22-2/h3-9,11H,10H2,1-2H3,(H2,19,20,21)/t11-/m1/s1. The number of amides is 2. The Morgan fingerprint density at radius 2 is 2.18 bits per heavy atom. The first-order chi connectivity index (χ1) is 10.6. The van der Waals surface area contributed by atoms with Gasteiger partial charge in [-0.1, -0.05) is 23.7 Å². The Bertz CT molecular complexity index is 649. The summed E-state index contributed by atoms with van der Waals surface area (Å²) in [6, 6.07) is 10.6. The normalized spacial score (nSPS) is 11.6. The third-order valence-corrected chi connectivity index (χ3v) is 3.39. The molecule has 1 heterocycles. The molecule has 0 aliphatic heterocycles. The van der Waals surface area contributed by atoms with Crippen molar-refractivity contribution in [2.75, 3.05) is 7.11 Å². The number of nitrogens with one attached hydrogen (secondary N) is 2. The van der Waals surface area contributed by atoms with Gasteiger partial charge < -0.3 is 15.4 Å². The van der Waals surface area contributed by atoms with E-state index in [1.54, 1.807) is 25.4 Å². The number of halogens is 1. The zero-order valence-corrected chi connectivity index (χ0v) is 13.2. The molecule has 0 radical (unpaired) electrons. The Hall–Kier alpha value is -2.27.